The van der Waals surface area contributed by atoms with E-state index in [9.17, 15) is 4.79 Å². The molecule has 3 nitrogen and oxygen atoms in total. The molecule has 2 rings (SSSR count). The Bertz CT molecular complexity index is 401. The maximum atomic E-state index is 11.8. The molecule has 0 spiro atoms. The lowest BCUT2D eigenvalue weighted by molar-refractivity contribution is -0.123. The van der Waals surface area contributed by atoms with E-state index in [1.54, 1.807) is 0 Å². The number of hydrogen-bond donors (Lipinski definition) is 2. The maximum Gasteiger partial charge on any atom is 0.221 e. The fraction of sp³-hybridized carbons (Fsp3) is 0.500. The average Bonchev–Trinajstić information content (AvgIpc) is 2.51. The number of benzene rings is 1. The predicted octanol–water partition coefficient (Wildman–Crippen LogP) is 1.60. The van der Waals surface area contributed by atoms with E-state index in [1.165, 1.54) is 11.1 Å². The van der Waals surface area contributed by atoms with Crippen molar-refractivity contribution in [1.82, 2.24) is 5.32 Å². The summed E-state index contributed by atoms with van der Waals surface area (Å²) in [5.74, 6) is 0.415. The number of rotatable bonds is 3. The second-order valence-corrected chi connectivity index (χ2v) is 5.42. The molecule has 1 aromatic rings. The summed E-state index contributed by atoms with van der Waals surface area (Å²) in [4.78, 5) is 11.8. The Hall–Kier alpha value is -1.35. The number of fused-ring (bicyclic) bond motifs is 1. The fourth-order valence-electron chi connectivity index (χ4n) is 2.43. The highest BCUT2D eigenvalue weighted by Crippen LogP contribution is 2.26. The van der Waals surface area contributed by atoms with Crippen molar-refractivity contribution in [3.05, 3.63) is 35.4 Å². The zero-order valence-corrected chi connectivity index (χ0v) is 10.5. The Balaban J connectivity index is 2.02. The summed E-state index contributed by atoms with van der Waals surface area (Å²) in [6.45, 7) is 4.07. The van der Waals surface area contributed by atoms with Crippen LogP contribution in [-0.2, 0) is 17.6 Å². The Morgan fingerprint density at radius 1 is 1.35 bits per heavy atom. The quantitative estimate of drug-likeness (QED) is 0.778. The third kappa shape index (κ3) is 2.86. The summed E-state index contributed by atoms with van der Waals surface area (Å²) in [7, 11) is 0. The molecular formula is C14H20N2O. The van der Waals surface area contributed by atoms with Crippen molar-refractivity contribution in [1.29, 1.82) is 0 Å². The van der Waals surface area contributed by atoms with Crippen molar-refractivity contribution in [3.63, 3.8) is 0 Å². The van der Waals surface area contributed by atoms with Gasteiger partial charge in [0, 0.05) is 19.3 Å². The second kappa shape index (κ2) is 4.49. The minimum atomic E-state index is -0.588. The van der Waals surface area contributed by atoms with Crippen LogP contribution in [0.5, 0.6) is 0 Å². The van der Waals surface area contributed by atoms with Gasteiger partial charge in [0.15, 0.2) is 0 Å². The standard InChI is InChI=1S/C14H20N2O/c1-10(2)7-13(17)16-14(15)8-11-5-3-4-6-12(11)9-14/h3-6,10H,7-9,15H2,1-2H3,(H,16,17). The van der Waals surface area contributed by atoms with Gasteiger partial charge in [-0.3, -0.25) is 4.79 Å². The van der Waals surface area contributed by atoms with Gasteiger partial charge in [-0.15, -0.1) is 0 Å². The first-order valence-corrected chi connectivity index (χ1v) is 6.15. The van der Waals surface area contributed by atoms with Crippen LogP contribution in [0.3, 0.4) is 0 Å². The van der Waals surface area contributed by atoms with Crippen LogP contribution in [0.15, 0.2) is 24.3 Å². The lowest BCUT2D eigenvalue weighted by atomic mass is 10.1. The van der Waals surface area contributed by atoms with E-state index in [2.05, 4.69) is 17.4 Å². The first kappa shape index (κ1) is 12.1. The third-order valence-corrected chi connectivity index (χ3v) is 3.11. The van der Waals surface area contributed by atoms with Gasteiger partial charge in [0.25, 0.3) is 0 Å². The molecule has 1 amide bonds. The van der Waals surface area contributed by atoms with Crippen molar-refractivity contribution in [2.75, 3.05) is 0 Å². The molecule has 0 radical (unpaired) electrons. The monoisotopic (exact) mass is 232 g/mol. The van der Waals surface area contributed by atoms with Crippen molar-refractivity contribution in [2.45, 2.75) is 38.8 Å². The van der Waals surface area contributed by atoms with Gasteiger partial charge >= 0.3 is 0 Å². The van der Waals surface area contributed by atoms with E-state index in [0.29, 0.717) is 12.3 Å². The lowest BCUT2D eigenvalue weighted by Gasteiger charge is -2.25. The van der Waals surface area contributed by atoms with Crippen molar-refractivity contribution in [2.24, 2.45) is 11.7 Å². The van der Waals surface area contributed by atoms with Gasteiger partial charge in [-0.2, -0.15) is 0 Å². The number of nitrogens with one attached hydrogen (secondary N) is 1. The van der Waals surface area contributed by atoms with Gasteiger partial charge in [0.05, 0.1) is 5.66 Å². The Kier molecular flexibility index (Phi) is 3.20. The van der Waals surface area contributed by atoms with Crippen LogP contribution in [0.1, 0.15) is 31.4 Å². The Labute approximate surface area is 102 Å². The third-order valence-electron chi connectivity index (χ3n) is 3.11. The Morgan fingerprint density at radius 2 is 1.88 bits per heavy atom. The van der Waals surface area contributed by atoms with Crippen molar-refractivity contribution < 1.29 is 4.79 Å². The average molecular weight is 232 g/mol. The summed E-state index contributed by atoms with van der Waals surface area (Å²) in [6, 6.07) is 8.19. The van der Waals surface area contributed by atoms with E-state index >= 15 is 0 Å². The normalized spacial score (nSPS) is 16.9. The minimum Gasteiger partial charge on any atom is -0.338 e. The van der Waals surface area contributed by atoms with Gasteiger partial charge in [-0.1, -0.05) is 38.1 Å². The van der Waals surface area contributed by atoms with Gasteiger partial charge in [0.2, 0.25) is 5.91 Å². The fourth-order valence-corrected chi connectivity index (χ4v) is 2.43. The van der Waals surface area contributed by atoms with E-state index in [-0.39, 0.29) is 5.91 Å². The van der Waals surface area contributed by atoms with E-state index < -0.39 is 5.66 Å². The van der Waals surface area contributed by atoms with Crippen LogP contribution in [0.2, 0.25) is 0 Å². The largest absolute Gasteiger partial charge is 0.338 e. The van der Waals surface area contributed by atoms with Gasteiger partial charge in [-0.05, 0) is 17.0 Å². The molecule has 17 heavy (non-hydrogen) atoms. The van der Waals surface area contributed by atoms with Crippen LogP contribution in [0, 0.1) is 5.92 Å². The van der Waals surface area contributed by atoms with Crippen molar-refractivity contribution in [3.8, 4) is 0 Å². The molecule has 0 heterocycles. The number of carbonyl (C=O) groups is 1. The summed E-state index contributed by atoms with van der Waals surface area (Å²) in [5, 5.41) is 2.97. The first-order valence-electron chi connectivity index (χ1n) is 6.15. The van der Waals surface area contributed by atoms with Gasteiger partial charge in [-0.25, -0.2) is 0 Å². The first-order chi connectivity index (χ1) is 7.98. The summed E-state index contributed by atoms with van der Waals surface area (Å²) in [5.41, 5.74) is 8.17. The van der Waals surface area contributed by atoms with E-state index in [1.807, 2.05) is 26.0 Å². The SMILES string of the molecule is CC(C)CC(=O)NC1(N)Cc2ccccc2C1. The summed E-state index contributed by atoms with van der Waals surface area (Å²) < 4.78 is 0. The topological polar surface area (TPSA) is 55.1 Å². The molecule has 92 valence electrons. The zero-order chi connectivity index (χ0) is 12.5. The molecule has 1 aliphatic rings. The summed E-state index contributed by atoms with van der Waals surface area (Å²) in [6.07, 6.45) is 2.00. The number of hydrogen-bond acceptors (Lipinski definition) is 2. The van der Waals surface area contributed by atoms with Crippen LogP contribution in [0.4, 0.5) is 0 Å². The second-order valence-electron chi connectivity index (χ2n) is 5.42. The number of nitrogens with two attached hydrogens (primary N) is 1. The van der Waals surface area contributed by atoms with Gasteiger partial charge in [0.1, 0.15) is 0 Å². The molecule has 0 fully saturated rings. The Morgan fingerprint density at radius 3 is 2.35 bits per heavy atom. The minimum absolute atomic E-state index is 0.0512. The molecule has 3 heteroatoms. The highest BCUT2D eigenvalue weighted by atomic mass is 16.1. The smallest absolute Gasteiger partial charge is 0.221 e. The molecule has 3 N–H and O–H groups in total. The summed E-state index contributed by atoms with van der Waals surface area (Å²) >= 11 is 0. The van der Waals surface area contributed by atoms with Crippen LogP contribution in [0.25, 0.3) is 0 Å². The predicted molar refractivity (Wildman–Crippen MR) is 68.4 cm³/mol. The van der Waals surface area contributed by atoms with E-state index in [0.717, 1.165) is 12.8 Å². The molecular weight excluding hydrogens is 212 g/mol. The van der Waals surface area contributed by atoms with Crippen molar-refractivity contribution >= 4 is 5.91 Å². The molecule has 1 aromatic carbocycles. The highest BCUT2D eigenvalue weighted by Gasteiger charge is 2.34. The van der Waals surface area contributed by atoms with Crippen LogP contribution in [-0.4, -0.2) is 11.6 Å². The maximum absolute atomic E-state index is 11.8. The number of amides is 1. The molecule has 0 atom stereocenters. The molecule has 1 aliphatic carbocycles. The van der Waals surface area contributed by atoms with Crippen LogP contribution < -0.4 is 11.1 Å². The molecule has 0 aliphatic heterocycles. The molecule has 0 aromatic heterocycles. The molecule has 0 saturated carbocycles. The molecule has 0 saturated heterocycles. The zero-order valence-electron chi connectivity index (χ0n) is 10.5. The van der Waals surface area contributed by atoms with Crippen LogP contribution >= 0.6 is 0 Å². The lowest BCUT2D eigenvalue weighted by Crippen LogP contribution is -2.56. The molecule has 0 bridgehead atoms. The van der Waals surface area contributed by atoms with Gasteiger partial charge < -0.3 is 11.1 Å². The number of carbonyl (C=O) groups excluding carboxylic acids is 1. The van der Waals surface area contributed by atoms with E-state index in [4.69, 9.17) is 5.73 Å². The molecule has 0 unspecified atom stereocenters. The highest BCUT2D eigenvalue weighted by molar-refractivity contribution is 5.77.